The van der Waals surface area contributed by atoms with Crippen molar-refractivity contribution < 1.29 is 14.7 Å². The highest BCUT2D eigenvalue weighted by atomic mass is 79.9. The number of hydrogen-bond acceptors (Lipinski definition) is 2. The molecule has 0 aliphatic carbocycles. The van der Waals surface area contributed by atoms with Crippen molar-refractivity contribution in [1.29, 1.82) is 0 Å². The fourth-order valence-electron chi connectivity index (χ4n) is 1.52. The van der Waals surface area contributed by atoms with Gasteiger partial charge in [-0.3, -0.25) is 4.79 Å². The van der Waals surface area contributed by atoms with Crippen LogP contribution in [0.2, 0.25) is 0 Å². The number of rotatable bonds is 5. The third-order valence-electron chi connectivity index (χ3n) is 2.55. The number of benzene rings is 1. The molecule has 0 aromatic heterocycles. The Kier molecular flexibility index (Phi) is 5.82. The zero-order chi connectivity index (χ0) is 14.4. The van der Waals surface area contributed by atoms with Crippen molar-refractivity contribution in [2.24, 2.45) is 0 Å². The predicted octanol–water partition coefficient (Wildman–Crippen LogP) is 2.45. The summed E-state index contributed by atoms with van der Waals surface area (Å²) in [5, 5.41) is 11.5. The molecule has 19 heavy (non-hydrogen) atoms. The molecule has 0 aliphatic rings. The van der Waals surface area contributed by atoms with Gasteiger partial charge in [0.05, 0.1) is 0 Å². The molecule has 0 bridgehead atoms. The predicted molar refractivity (Wildman–Crippen MR) is 75.9 cm³/mol. The number of nitrogens with one attached hydrogen (secondary N) is 1. The molecule has 0 aliphatic heterocycles. The van der Waals surface area contributed by atoms with Crippen LogP contribution in [0, 0.1) is 0 Å². The molecule has 0 fully saturated rings. The molecule has 2 N–H and O–H groups in total. The van der Waals surface area contributed by atoms with Crippen molar-refractivity contribution in [2.75, 3.05) is 6.54 Å². The largest absolute Gasteiger partial charge is 0.480 e. The van der Waals surface area contributed by atoms with Crippen molar-refractivity contribution in [1.82, 2.24) is 10.2 Å². The van der Waals surface area contributed by atoms with Crippen LogP contribution in [0.1, 0.15) is 19.4 Å². The van der Waals surface area contributed by atoms with Gasteiger partial charge in [0.15, 0.2) is 0 Å². The summed E-state index contributed by atoms with van der Waals surface area (Å²) in [5.41, 5.74) is 0.954. The van der Waals surface area contributed by atoms with Crippen LogP contribution in [-0.2, 0) is 11.3 Å². The lowest BCUT2D eigenvalue weighted by Crippen LogP contribution is -2.46. The minimum absolute atomic E-state index is 0.166. The van der Waals surface area contributed by atoms with Crippen molar-refractivity contribution in [2.45, 2.75) is 26.4 Å². The second-order valence-electron chi connectivity index (χ2n) is 4.40. The first-order chi connectivity index (χ1) is 8.90. The number of urea groups is 1. The van der Waals surface area contributed by atoms with Gasteiger partial charge >= 0.3 is 12.0 Å². The van der Waals surface area contributed by atoms with E-state index in [0.29, 0.717) is 6.54 Å². The Labute approximate surface area is 120 Å². The molecule has 0 unspecified atom stereocenters. The summed E-state index contributed by atoms with van der Waals surface area (Å²) in [6, 6.07) is 7.02. The van der Waals surface area contributed by atoms with Crippen molar-refractivity contribution in [3.05, 3.63) is 34.3 Å². The van der Waals surface area contributed by atoms with Crippen LogP contribution in [0.15, 0.2) is 28.7 Å². The monoisotopic (exact) mass is 328 g/mol. The van der Waals surface area contributed by atoms with E-state index in [1.807, 2.05) is 24.3 Å². The third kappa shape index (κ3) is 5.30. The van der Waals surface area contributed by atoms with E-state index in [-0.39, 0.29) is 18.6 Å². The highest BCUT2D eigenvalue weighted by Gasteiger charge is 2.19. The summed E-state index contributed by atoms with van der Waals surface area (Å²) in [7, 11) is 0. The van der Waals surface area contributed by atoms with Crippen LogP contribution in [0.3, 0.4) is 0 Å². The lowest BCUT2D eigenvalue weighted by molar-refractivity contribution is -0.138. The maximum absolute atomic E-state index is 11.9. The van der Waals surface area contributed by atoms with Gasteiger partial charge in [-0.05, 0) is 31.5 Å². The number of amides is 2. The number of aliphatic carboxylic acids is 1. The quantitative estimate of drug-likeness (QED) is 0.872. The molecule has 0 radical (unpaired) electrons. The lowest BCUT2D eigenvalue weighted by Gasteiger charge is -2.25. The van der Waals surface area contributed by atoms with Gasteiger partial charge < -0.3 is 15.3 Å². The summed E-state index contributed by atoms with van der Waals surface area (Å²) >= 11 is 3.33. The van der Waals surface area contributed by atoms with Gasteiger partial charge in [0, 0.05) is 17.1 Å². The standard InChI is InChI=1S/C13H17BrN2O3/c1-9(2)16(8-12(17)18)13(19)15-7-10-3-5-11(14)6-4-10/h3-6,9H,7-8H2,1-2H3,(H,15,19)(H,17,18). The van der Waals surface area contributed by atoms with Crippen molar-refractivity contribution in [3.63, 3.8) is 0 Å². The normalized spacial score (nSPS) is 10.3. The van der Waals surface area contributed by atoms with E-state index in [2.05, 4.69) is 21.2 Å². The summed E-state index contributed by atoms with van der Waals surface area (Å²) in [6.45, 7) is 3.63. The SMILES string of the molecule is CC(C)N(CC(=O)O)C(=O)NCc1ccc(Br)cc1. The van der Waals surface area contributed by atoms with Crippen molar-refractivity contribution in [3.8, 4) is 0 Å². The fraction of sp³-hybridized carbons (Fsp3) is 0.385. The summed E-state index contributed by atoms with van der Waals surface area (Å²) < 4.78 is 0.970. The minimum atomic E-state index is -1.02. The summed E-state index contributed by atoms with van der Waals surface area (Å²) in [4.78, 5) is 23.9. The molecule has 0 spiro atoms. The first-order valence-corrected chi connectivity index (χ1v) is 6.70. The molecule has 1 rings (SSSR count). The van der Waals surface area contributed by atoms with Gasteiger partial charge in [-0.15, -0.1) is 0 Å². The topological polar surface area (TPSA) is 69.6 Å². The summed E-state index contributed by atoms with van der Waals surface area (Å²) in [6.07, 6.45) is 0. The second kappa shape index (κ2) is 7.13. The number of carboxylic acid groups (broad SMARTS) is 1. The first kappa shape index (κ1) is 15.5. The Morgan fingerprint density at radius 3 is 2.37 bits per heavy atom. The molecule has 5 nitrogen and oxygen atoms in total. The van der Waals surface area contributed by atoms with Gasteiger partial charge in [-0.25, -0.2) is 4.79 Å². The van der Waals surface area contributed by atoms with Crippen LogP contribution in [-0.4, -0.2) is 34.6 Å². The number of nitrogens with zero attached hydrogens (tertiary/aromatic N) is 1. The zero-order valence-corrected chi connectivity index (χ0v) is 12.5. The number of hydrogen-bond donors (Lipinski definition) is 2. The van der Waals surface area contributed by atoms with Crippen LogP contribution in [0.25, 0.3) is 0 Å². The van der Waals surface area contributed by atoms with Crippen LogP contribution >= 0.6 is 15.9 Å². The van der Waals surface area contributed by atoms with Crippen LogP contribution in [0.4, 0.5) is 4.79 Å². The van der Waals surface area contributed by atoms with E-state index in [0.717, 1.165) is 10.0 Å². The van der Waals surface area contributed by atoms with Gasteiger partial charge in [0.2, 0.25) is 0 Å². The smallest absolute Gasteiger partial charge is 0.323 e. The molecule has 1 aromatic carbocycles. The molecule has 6 heteroatoms. The van der Waals surface area contributed by atoms with Crippen molar-refractivity contribution >= 4 is 27.9 Å². The van der Waals surface area contributed by atoms with E-state index in [4.69, 9.17) is 5.11 Å². The summed E-state index contributed by atoms with van der Waals surface area (Å²) in [5.74, 6) is -1.02. The molecule has 0 heterocycles. The number of carboxylic acids is 1. The molecule has 0 saturated carbocycles. The molecule has 0 atom stereocenters. The number of halogens is 1. The number of carbonyl (C=O) groups excluding carboxylic acids is 1. The third-order valence-corrected chi connectivity index (χ3v) is 3.08. The van der Waals surface area contributed by atoms with Gasteiger partial charge in [-0.2, -0.15) is 0 Å². The molecule has 2 amide bonds. The van der Waals surface area contributed by atoms with E-state index in [1.165, 1.54) is 4.90 Å². The molecule has 104 valence electrons. The Hall–Kier alpha value is -1.56. The van der Waals surface area contributed by atoms with Gasteiger partial charge in [0.25, 0.3) is 0 Å². The van der Waals surface area contributed by atoms with Gasteiger partial charge in [-0.1, -0.05) is 28.1 Å². The van der Waals surface area contributed by atoms with E-state index < -0.39 is 5.97 Å². The molecular weight excluding hydrogens is 312 g/mol. The number of carbonyl (C=O) groups is 2. The Morgan fingerprint density at radius 1 is 1.32 bits per heavy atom. The minimum Gasteiger partial charge on any atom is -0.480 e. The van der Waals surface area contributed by atoms with E-state index in [9.17, 15) is 9.59 Å². The average molecular weight is 329 g/mol. The second-order valence-corrected chi connectivity index (χ2v) is 5.32. The molecule has 1 aromatic rings. The van der Waals surface area contributed by atoms with Crippen LogP contribution in [0.5, 0.6) is 0 Å². The lowest BCUT2D eigenvalue weighted by atomic mass is 10.2. The average Bonchev–Trinajstić information content (AvgIpc) is 2.34. The fourth-order valence-corrected chi connectivity index (χ4v) is 1.78. The molecule has 0 saturated heterocycles. The Bertz CT molecular complexity index is 446. The van der Waals surface area contributed by atoms with Crippen LogP contribution < -0.4 is 5.32 Å². The van der Waals surface area contributed by atoms with E-state index >= 15 is 0 Å². The maximum Gasteiger partial charge on any atom is 0.323 e. The zero-order valence-electron chi connectivity index (χ0n) is 10.9. The highest BCUT2D eigenvalue weighted by Crippen LogP contribution is 2.10. The molecular formula is C13H17BrN2O3. The van der Waals surface area contributed by atoms with E-state index in [1.54, 1.807) is 13.8 Å². The highest BCUT2D eigenvalue weighted by molar-refractivity contribution is 9.10. The first-order valence-electron chi connectivity index (χ1n) is 5.91. The Morgan fingerprint density at radius 2 is 1.89 bits per heavy atom. The van der Waals surface area contributed by atoms with Gasteiger partial charge in [0.1, 0.15) is 6.54 Å². The Balaban J connectivity index is 2.57. The maximum atomic E-state index is 11.9.